The molecular formula is C10H12BrF3N2. The van der Waals surface area contributed by atoms with Crippen molar-refractivity contribution < 1.29 is 13.2 Å². The fourth-order valence-corrected chi connectivity index (χ4v) is 1.50. The van der Waals surface area contributed by atoms with Gasteiger partial charge in [-0.1, -0.05) is 6.92 Å². The van der Waals surface area contributed by atoms with Crippen LogP contribution in [-0.4, -0.2) is 29.1 Å². The highest BCUT2D eigenvalue weighted by atomic mass is 79.9. The Hall–Kier alpha value is -0.620. The molecule has 0 atom stereocenters. The van der Waals surface area contributed by atoms with Crippen molar-refractivity contribution in [1.29, 1.82) is 0 Å². The third-order valence-corrected chi connectivity index (χ3v) is 2.49. The smallest absolute Gasteiger partial charge is 0.289 e. The van der Waals surface area contributed by atoms with E-state index in [-0.39, 0.29) is 6.54 Å². The van der Waals surface area contributed by atoms with Crippen molar-refractivity contribution >= 4 is 15.9 Å². The summed E-state index contributed by atoms with van der Waals surface area (Å²) >= 11 is 3.22. The lowest BCUT2D eigenvalue weighted by Crippen LogP contribution is -2.33. The lowest BCUT2D eigenvalue weighted by Gasteiger charge is -2.21. The Kier molecular flexibility index (Phi) is 4.73. The lowest BCUT2D eigenvalue weighted by molar-refractivity contribution is -0.146. The van der Waals surface area contributed by atoms with Crippen LogP contribution in [0.25, 0.3) is 0 Å². The highest BCUT2D eigenvalue weighted by molar-refractivity contribution is 9.10. The highest BCUT2D eigenvalue weighted by Gasteiger charge is 2.30. The fraction of sp³-hybridized carbons (Fsp3) is 0.500. The minimum Gasteiger partial charge on any atom is -0.289 e. The van der Waals surface area contributed by atoms with Gasteiger partial charge < -0.3 is 0 Å². The molecule has 1 rings (SSSR count). The molecule has 1 aromatic rings. The molecule has 0 amide bonds. The molecule has 0 aliphatic rings. The number of alkyl halides is 3. The summed E-state index contributed by atoms with van der Waals surface area (Å²) in [5.74, 6) is 0. The first-order valence-electron chi connectivity index (χ1n) is 4.80. The monoisotopic (exact) mass is 296 g/mol. The number of rotatable bonds is 4. The standard InChI is InChI=1S/C10H12BrF3N2/c1-2-16(7-10(12,13)14)6-9-4-3-8(11)5-15-9/h3-5H,2,6-7H2,1H3. The van der Waals surface area contributed by atoms with Gasteiger partial charge >= 0.3 is 6.18 Å². The molecule has 0 aliphatic heterocycles. The molecule has 6 heteroatoms. The average Bonchev–Trinajstić information content (AvgIpc) is 2.18. The molecular weight excluding hydrogens is 285 g/mol. The van der Waals surface area contributed by atoms with E-state index >= 15 is 0 Å². The molecule has 90 valence electrons. The molecule has 0 saturated carbocycles. The Labute approximate surface area is 101 Å². The first kappa shape index (κ1) is 13.4. The zero-order chi connectivity index (χ0) is 12.2. The summed E-state index contributed by atoms with van der Waals surface area (Å²) in [6, 6.07) is 3.48. The van der Waals surface area contributed by atoms with Gasteiger partial charge in [0.2, 0.25) is 0 Å². The maximum atomic E-state index is 12.2. The van der Waals surface area contributed by atoms with Gasteiger partial charge in [0.15, 0.2) is 0 Å². The second-order valence-corrected chi connectivity index (χ2v) is 4.30. The Morgan fingerprint density at radius 2 is 2.06 bits per heavy atom. The molecule has 0 fully saturated rings. The van der Waals surface area contributed by atoms with Gasteiger partial charge in [0.1, 0.15) is 0 Å². The molecule has 0 spiro atoms. The molecule has 16 heavy (non-hydrogen) atoms. The Bertz CT molecular complexity index is 324. The maximum absolute atomic E-state index is 12.2. The van der Waals surface area contributed by atoms with E-state index in [1.54, 1.807) is 25.3 Å². The SMILES string of the molecule is CCN(Cc1ccc(Br)cn1)CC(F)(F)F. The van der Waals surface area contributed by atoms with Crippen molar-refractivity contribution in [2.75, 3.05) is 13.1 Å². The van der Waals surface area contributed by atoms with E-state index in [1.165, 1.54) is 4.90 Å². The van der Waals surface area contributed by atoms with Crippen LogP contribution in [0, 0.1) is 0 Å². The average molecular weight is 297 g/mol. The number of hydrogen-bond donors (Lipinski definition) is 0. The summed E-state index contributed by atoms with van der Waals surface area (Å²) in [4.78, 5) is 5.34. The first-order chi connectivity index (χ1) is 7.40. The van der Waals surface area contributed by atoms with Crippen LogP contribution < -0.4 is 0 Å². The topological polar surface area (TPSA) is 16.1 Å². The van der Waals surface area contributed by atoms with Gasteiger partial charge in [0.25, 0.3) is 0 Å². The van der Waals surface area contributed by atoms with E-state index in [0.717, 1.165) is 4.47 Å². The number of pyridine rings is 1. The van der Waals surface area contributed by atoms with Crippen LogP contribution in [0.5, 0.6) is 0 Å². The number of hydrogen-bond acceptors (Lipinski definition) is 2. The van der Waals surface area contributed by atoms with E-state index in [2.05, 4.69) is 20.9 Å². The summed E-state index contributed by atoms with van der Waals surface area (Å²) in [5, 5.41) is 0. The lowest BCUT2D eigenvalue weighted by atomic mass is 10.3. The Morgan fingerprint density at radius 1 is 1.38 bits per heavy atom. The zero-order valence-electron chi connectivity index (χ0n) is 8.76. The normalized spacial score (nSPS) is 12.1. The Balaban J connectivity index is 2.60. The molecule has 1 aromatic heterocycles. The first-order valence-corrected chi connectivity index (χ1v) is 5.59. The molecule has 0 unspecified atom stereocenters. The predicted molar refractivity (Wildman–Crippen MR) is 58.9 cm³/mol. The van der Waals surface area contributed by atoms with Crippen molar-refractivity contribution in [2.45, 2.75) is 19.6 Å². The minimum atomic E-state index is -4.16. The molecule has 0 saturated heterocycles. The van der Waals surface area contributed by atoms with Gasteiger partial charge in [-0.3, -0.25) is 9.88 Å². The van der Waals surface area contributed by atoms with Gasteiger partial charge in [-0.2, -0.15) is 13.2 Å². The van der Waals surface area contributed by atoms with Crippen LogP contribution >= 0.6 is 15.9 Å². The molecule has 1 heterocycles. The van der Waals surface area contributed by atoms with Crippen LogP contribution in [0.15, 0.2) is 22.8 Å². The molecule has 0 aromatic carbocycles. The quantitative estimate of drug-likeness (QED) is 0.848. The molecule has 2 nitrogen and oxygen atoms in total. The van der Waals surface area contributed by atoms with E-state index in [0.29, 0.717) is 12.2 Å². The van der Waals surface area contributed by atoms with Crippen LogP contribution in [0.3, 0.4) is 0 Å². The van der Waals surface area contributed by atoms with Gasteiger partial charge in [0.05, 0.1) is 12.2 Å². The molecule has 0 bridgehead atoms. The van der Waals surface area contributed by atoms with Gasteiger partial charge in [-0.05, 0) is 34.6 Å². The minimum absolute atomic E-state index is 0.212. The van der Waals surface area contributed by atoms with Crippen molar-refractivity contribution in [3.8, 4) is 0 Å². The maximum Gasteiger partial charge on any atom is 0.401 e. The highest BCUT2D eigenvalue weighted by Crippen LogP contribution is 2.17. The molecule has 0 N–H and O–H groups in total. The third kappa shape index (κ3) is 4.94. The van der Waals surface area contributed by atoms with Crippen molar-refractivity contribution in [1.82, 2.24) is 9.88 Å². The summed E-state index contributed by atoms with van der Waals surface area (Å²) < 4.78 is 37.4. The zero-order valence-corrected chi connectivity index (χ0v) is 10.3. The largest absolute Gasteiger partial charge is 0.401 e. The van der Waals surface area contributed by atoms with Crippen LogP contribution in [-0.2, 0) is 6.54 Å². The fourth-order valence-electron chi connectivity index (χ4n) is 1.26. The van der Waals surface area contributed by atoms with Crippen LogP contribution in [0.2, 0.25) is 0 Å². The summed E-state index contributed by atoms with van der Waals surface area (Å²) in [6.07, 6.45) is -2.58. The summed E-state index contributed by atoms with van der Waals surface area (Å²) in [7, 11) is 0. The van der Waals surface area contributed by atoms with E-state index < -0.39 is 12.7 Å². The van der Waals surface area contributed by atoms with Crippen molar-refractivity contribution in [2.24, 2.45) is 0 Å². The van der Waals surface area contributed by atoms with Crippen LogP contribution in [0.1, 0.15) is 12.6 Å². The second kappa shape index (κ2) is 5.63. The summed E-state index contributed by atoms with van der Waals surface area (Å²) in [5.41, 5.74) is 0.634. The number of nitrogens with zero attached hydrogens (tertiary/aromatic N) is 2. The van der Waals surface area contributed by atoms with Crippen molar-refractivity contribution in [3.05, 3.63) is 28.5 Å². The number of aromatic nitrogens is 1. The van der Waals surface area contributed by atoms with Gasteiger partial charge in [-0.15, -0.1) is 0 Å². The van der Waals surface area contributed by atoms with Crippen LogP contribution in [0.4, 0.5) is 13.2 Å². The number of halogens is 4. The van der Waals surface area contributed by atoms with E-state index in [9.17, 15) is 13.2 Å². The molecule has 0 aliphatic carbocycles. The van der Waals surface area contributed by atoms with Gasteiger partial charge in [-0.25, -0.2) is 0 Å². The van der Waals surface area contributed by atoms with E-state index in [4.69, 9.17) is 0 Å². The second-order valence-electron chi connectivity index (χ2n) is 3.39. The van der Waals surface area contributed by atoms with Crippen molar-refractivity contribution in [3.63, 3.8) is 0 Å². The Morgan fingerprint density at radius 3 is 2.50 bits per heavy atom. The molecule has 0 radical (unpaired) electrons. The summed E-state index contributed by atoms with van der Waals surface area (Å²) in [6.45, 7) is 1.35. The predicted octanol–water partition coefficient (Wildman–Crippen LogP) is 3.23. The third-order valence-electron chi connectivity index (χ3n) is 2.02. The van der Waals surface area contributed by atoms with E-state index in [1.807, 2.05) is 0 Å². The van der Waals surface area contributed by atoms with Gasteiger partial charge in [0, 0.05) is 17.2 Å².